The van der Waals surface area contributed by atoms with Crippen LogP contribution in [0.4, 0.5) is 5.69 Å². The first kappa shape index (κ1) is 11.5. The van der Waals surface area contributed by atoms with Crippen LogP contribution in [-0.4, -0.2) is 5.84 Å². The molecule has 1 aliphatic rings. The van der Waals surface area contributed by atoms with Gasteiger partial charge in [0.25, 0.3) is 0 Å². The summed E-state index contributed by atoms with van der Waals surface area (Å²) in [6.45, 7) is 0. The van der Waals surface area contributed by atoms with Crippen molar-refractivity contribution in [1.82, 2.24) is 0 Å². The highest BCUT2D eigenvalue weighted by molar-refractivity contribution is 6.30. The highest BCUT2D eigenvalue weighted by Crippen LogP contribution is 2.25. The molecule has 2 nitrogen and oxygen atoms in total. The predicted molar refractivity (Wildman–Crippen MR) is 69.3 cm³/mol. The number of amidine groups is 1. The van der Waals surface area contributed by atoms with Gasteiger partial charge in [-0.15, -0.1) is 0 Å². The first-order valence-electron chi connectivity index (χ1n) is 5.85. The van der Waals surface area contributed by atoms with Crippen molar-refractivity contribution in [2.75, 3.05) is 0 Å². The SMILES string of the molecule is NC(=Nc1cccc(Cl)c1)C1CCCCC1. The number of hydrogen-bond acceptors (Lipinski definition) is 1. The largest absolute Gasteiger partial charge is 0.387 e. The molecule has 1 fully saturated rings. The standard InChI is InChI=1S/C13H17ClN2/c14-11-7-4-8-12(9-11)16-13(15)10-5-2-1-3-6-10/h4,7-10H,1-3,5-6H2,(H2,15,16). The van der Waals surface area contributed by atoms with Crippen molar-refractivity contribution in [2.45, 2.75) is 32.1 Å². The second-order valence-corrected chi connectivity index (χ2v) is 4.79. The molecule has 2 N–H and O–H groups in total. The minimum Gasteiger partial charge on any atom is -0.387 e. The number of nitrogens with two attached hydrogens (primary N) is 1. The molecule has 1 aliphatic carbocycles. The van der Waals surface area contributed by atoms with Crippen molar-refractivity contribution >= 4 is 23.1 Å². The van der Waals surface area contributed by atoms with Crippen LogP contribution in [0.15, 0.2) is 29.3 Å². The van der Waals surface area contributed by atoms with Crippen LogP contribution in [0.1, 0.15) is 32.1 Å². The fraction of sp³-hybridized carbons (Fsp3) is 0.462. The number of aliphatic imine (C=N–C) groups is 1. The third-order valence-corrected chi connectivity index (χ3v) is 3.32. The fourth-order valence-electron chi connectivity index (χ4n) is 2.18. The zero-order valence-electron chi connectivity index (χ0n) is 9.32. The second-order valence-electron chi connectivity index (χ2n) is 4.35. The molecule has 3 heteroatoms. The number of rotatable bonds is 2. The molecule has 1 aromatic carbocycles. The van der Waals surface area contributed by atoms with E-state index in [9.17, 15) is 0 Å². The van der Waals surface area contributed by atoms with E-state index in [-0.39, 0.29) is 0 Å². The maximum absolute atomic E-state index is 6.04. The monoisotopic (exact) mass is 236 g/mol. The highest BCUT2D eigenvalue weighted by Gasteiger charge is 2.16. The third kappa shape index (κ3) is 2.99. The van der Waals surface area contributed by atoms with Crippen LogP contribution >= 0.6 is 11.6 Å². The fourth-order valence-corrected chi connectivity index (χ4v) is 2.37. The second kappa shape index (κ2) is 5.35. The molecule has 0 aliphatic heterocycles. The number of nitrogens with zero attached hydrogens (tertiary/aromatic N) is 1. The minimum absolute atomic E-state index is 0.465. The zero-order chi connectivity index (χ0) is 11.4. The normalized spacial score (nSPS) is 18.7. The molecule has 0 aromatic heterocycles. The number of benzene rings is 1. The maximum atomic E-state index is 6.04. The van der Waals surface area contributed by atoms with Gasteiger partial charge in [0.2, 0.25) is 0 Å². The molecular formula is C13H17ClN2. The lowest BCUT2D eigenvalue weighted by Crippen LogP contribution is -2.25. The van der Waals surface area contributed by atoms with Gasteiger partial charge in [-0.05, 0) is 31.0 Å². The van der Waals surface area contributed by atoms with Gasteiger partial charge in [-0.3, -0.25) is 0 Å². The van der Waals surface area contributed by atoms with E-state index in [0.29, 0.717) is 10.9 Å². The maximum Gasteiger partial charge on any atom is 0.103 e. The smallest absolute Gasteiger partial charge is 0.103 e. The van der Waals surface area contributed by atoms with Gasteiger partial charge < -0.3 is 5.73 Å². The van der Waals surface area contributed by atoms with Gasteiger partial charge in [-0.1, -0.05) is 36.9 Å². The van der Waals surface area contributed by atoms with E-state index in [1.54, 1.807) is 0 Å². The van der Waals surface area contributed by atoms with Gasteiger partial charge in [-0.2, -0.15) is 0 Å². The van der Waals surface area contributed by atoms with Crippen molar-refractivity contribution in [3.8, 4) is 0 Å². The summed E-state index contributed by atoms with van der Waals surface area (Å²) in [4.78, 5) is 4.45. The summed E-state index contributed by atoms with van der Waals surface area (Å²) in [5, 5.41) is 0.706. The Hall–Kier alpha value is -1.02. The summed E-state index contributed by atoms with van der Waals surface area (Å²) in [6.07, 6.45) is 6.24. The van der Waals surface area contributed by atoms with Crippen molar-refractivity contribution in [1.29, 1.82) is 0 Å². The molecule has 16 heavy (non-hydrogen) atoms. The molecule has 0 atom stereocenters. The molecule has 0 bridgehead atoms. The Balaban J connectivity index is 2.10. The summed E-state index contributed by atoms with van der Waals surface area (Å²) in [5.74, 6) is 1.23. The predicted octanol–water partition coefficient (Wildman–Crippen LogP) is 3.91. The van der Waals surface area contributed by atoms with Crippen LogP contribution in [0.2, 0.25) is 5.02 Å². The molecule has 0 saturated heterocycles. The van der Waals surface area contributed by atoms with Crippen LogP contribution in [0.3, 0.4) is 0 Å². The van der Waals surface area contributed by atoms with E-state index in [2.05, 4.69) is 4.99 Å². The average molecular weight is 237 g/mol. The summed E-state index contributed by atoms with van der Waals surface area (Å²) in [7, 11) is 0. The van der Waals surface area contributed by atoms with Crippen LogP contribution in [0.25, 0.3) is 0 Å². The lowest BCUT2D eigenvalue weighted by molar-refractivity contribution is 0.437. The minimum atomic E-state index is 0.465. The summed E-state index contributed by atoms with van der Waals surface area (Å²) in [5.41, 5.74) is 6.89. The average Bonchev–Trinajstić information content (AvgIpc) is 2.30. The van der Waals surface area contributed by atoms with Gasteiger partial charge in [-0.25, -0.2) is 4.99 Å². The van der Waals surface area contributed by atoms with E-state index < -0.39 is 0 Å². The number of hydrogen-bond donors (Lipinski definition) is 1. The molecule has 0 unspecified atom stereocenters. The Kier molecular flexibility index (Phi) is 3.83. The zero-order valence-corrected chi connectivity index (χ0v) is 10.1. The lowest BCUT2D eigenvalue weighted by Gasteiger charge is -2.20. The Labute approximate surface area is 102 Å². The Morgan fingerprint density at radius 1 is 1.25 bits per heavy atom. The highest BCUT2D eigenvalue weighted by atomic mass is 35.5. The quantitative estimate of drug-likeness (QED) is 0.614. The summed E-state index contributed by atoms with van der Waals surface area (Å²) < 4.78 is 0. The first-order chi connectivity index (χ1) is 7.75. The third-order valence-electron chi connectivity index (χ3n) is 3.09. The molecule has 1 saturated carbocycles. The Morgan fingerprint density at radius 3 is 2.69 bits per heavy atom. The van der Waals surface area contributed by atoms with E-state index in [1.165, 1.54) is 32.1 Å². The molecule has 0 heterocycles. The van der Waals surface area contributed by atoms with Gasteiger partial charge in [0, 0.05) is 10.9 Å². The van der Waals surface area contributed by atoms with E-state index in [1.807, 2.05) is 24.3 Å². The summed E-state index contributed by atoms with van der Waals surface area (Å²) in [6, 6.07) is 7.52. The molecule has 0 amide bonds. The van der Waals surface area contributed by atoms with Gasteiger partial charge >= 0.3 is 0 Å². The van der Waals surface area contributed by atoms with Crippen LogP contribution in [0.5, 0.6) is 0 Å². The van der Waals surface area contributed by atoms with Crippen molar-refractivity contribution < 1.29 is 0 Å². The van der Waals surface area contributed by atoms with Crippen molar-refractivity contribution in [3.63, 3.8) is 0 Å². The van der Waals surface area contributed by atoms with Crippen LogP contribution in [0, 0.1) is 5.92 Å². The van der Waals surface area contributed by atoms with E-state index in [0.717, 1.165) is 11.5 Å². The first-order valence-corrected chi connectivity index (χ1v) is 6.23. The van der Waals surface area contributed by atoms with Crippen molar-refractivity contribution in [2.24, 2.45) is 16.6 Å². The molecular weight excluding hydrogens is 220 g/mol. The summed E-state index contributed by atoms with van der Waals surface area (Å²) >= 11 is 5.90. The topological polar surface area (TPSA) is 38.4 Å². The lowest BCUT2D eigenvalue weighted by atomic mass is 9.88. The number of halogens is 1. The van der Waals surface area contributed by atoms with Crippen LogP contribution < -0.4 is 5.73 Å². The van der Waals surface area contributed by atoms with E-state index in [4.69, 9.17) is 17.3 Å². The molecule has 86 valence electrons. The van der Waals surface area contributed by atoms with Gasteiger partial charge in [0.1, 0.15) is 5.84 Å². The molecule has 0 spiro atoms. The Morgan fingerprint density at radius 2 is 2.00 bits per heavy atom. The van der Waals surface area contributed by atoms with Crippen molar-refractivity contribution in [3.05, 3.63) is 29.3 Å². The molecule has 1 aromatic rings. The molecule has 0 radical (unpaired) electrons. The van der Waals surface area contributed by atoms with Crippen LogP contribution in [-0.2, 0) is 0 Å². The van der Waals surface area contributed by atoms with E-state index >= 15 is 0 Å². The Bertz CT molecular complexity index is 381. The van der Waals surface area contributed by atoms with Gasteiger partial charge in [0.15, 0.2) is 0 Å². The van der Waals surface area contributed by atoms with Gasteiger partial charge in [0.05, 0.1) is 5.69 Å². The molecule has 2 rings (SSSR count).